The van der Waals surface area contributed by atoms with Crippen molar-refractivity contribution in [1.82, 2.24) is 20.6 Å². The van der Waals surface area contributed by atoms with Gasteiger partial charge in [-0.2, -0.15) is 0 Å². The molecule has 0 saturated carbocycles. The lowest BCUT2D eigenvalue weighted by atomic mass is 10.0. The van der Waals surface area contributed by atoms with Gasteiger partial charge in [0.1, 0.15) is 10.7 Å². The van der Waals surface area contributed by atoms with Gasteiger partial charge in [-0.3, -0.25) is 14.6 Å². The number of carbonyl (C=O) groups excluding carboxylic acids is 2. The molecule has 0 unspecified atom stereocenters. The molecule has 2 N–H and O–H groups in total. The summed E-state index contributed by atoms with van der Waals surface area (Å²) in [6, 6.07) is 4.92. The van der Waals surface area contributed by atoms with E-state index in [1.807, 2.05) is 6.92 Å². The van der Waals surface area contributed by atoms with Crippen molar-refractivity contribution < 1.29 is 9.59 Å². The maximum absolute atomic E-state index is 12.0. The van der Waals surface area contributed by atoms with Crippen LogP contribution in [0.15, 0.2) is 24.4 Å². The largest absolute Gasteiger partial charge is 0.346 e. The summed E-state index contributed by atoms with van der Waals surface area (Å²) in [6.45, 7) is 1.84. The van der Waals surface area contributed by atoms with Crippen LogP contribution in [0.1, 0.15) is 51.9 Å². The average molecular weight is 344 g/mol. The fraction of sp³-hybridized carbons (Fsp3) is 0.412. The summed E-state index contributed by atoms with van der Waals surface area (Å²) < 4.78 is 0. The predicted molar refractivity (Wildman–Crippen MR) is 91.9 cm³/mol. The highest BCUT2D eigenvalue weighted by Crippen LogP contribution is 2.29. The molecule has 2 amide bonds. The quantitative estimate of drug-likeness (QED) is 0.869. The minimum atomic E-state index is -0.358. The third-order valence-electron chi connectivity index (χ3n) is 3.92. The molecule has 3 rings (SSSR count). The Hall–Kier alpha value is -2.28. The van der Waals surface area contributed by atoms with Gasteiger partial charge >= 0.3 is 0 Å². The minimum Gasteiger partial charge on any atom is -0.346 e. The zero-order chi connectivity index (χ0) is 16.9. The Morgan fingerprint density at radius 3 is 2.88 bits per heavy atom. The first-order chi connectivity index (χ1) is 11.6. The van der Waals surface area contributed by atoms with E-state index in [-0.39, 0.29) is 24.4 Å². The number of rotatable bonds is 5. The monoisotopic (exact) mass is 344 g/mol. The van der Waals surface area contributed by atoms with E-state index < -0.39 is 0 Å². The van der Waals surface area contributed by atoms with E-state index in [1.54, 1.807) is 35.7 Å². The summed E-state index contributed by atoms with van der Waals surface area (Å²) in [6.07, 6.45) is 6.08. The number of nitrogens with one attached hydrogen (secondary N) is 2. The van der Waals surface area contributed by atoms with E-state index in [0.717, 1.165) is 17.8 Å². The Balaban J connectivity index is 1.51. The van der Waals surface area contributed by atoms with Crippen molar-refractivity contribution in [3.8, 4) is 0 Å². The van der Waals surface area contributed by atoms with E-state index in [1.165, 1.54) is 23.4 Å². The molecule has 6 nitrogen and oxygen atoms in total. The molecule has 2 heterocycles. The molecule has 126 valence electrons. The highest BCUT2D eigenvalue weighted by atomic mass is 32.1. The van der Waals surface area contributed by atoms with Gasteiger partial charge < -0.3 is 10.6 Å². The number of fused-ring (bicyclic) bond motifs is 1. The van der Waals surface area contributed by atoms with Crippen LogP contribution in [0, 0.1) is 0 Å². The predicted octanol–water partition coefficient (Wildman–Crippen LogP) is 2.02. The molecule has 0 fully saturated rings. The maximum atomic E-state index is 12.0. The Labute approximate surface area is 144 Å². The number of hydrogen-bond acceptors (Lipinski definition) is 5. The number of carbonyl (C=O) groups is 2. The molecule has 0 saturated heterocycles. The number of thiazole rings is 1. The molecule has 2 aromatic heterocycles. The van der Waals surface area contributed by atoms with Crippen molar-refractivity contribution in [3.63, 3.8) is 0 Å². The topological polar surface area (TPSA) is 84.0 Å². The van der Waals surface area contributed by atoms with Crippen LogP contribution in [0.2, 0.25) is 0 Å². The smallest absolute Gasteiger partial charge is 0.270 e. The van der Waals surface area contributed by atoms with E-state index in [2.05, 4.69) is 20.6 Å². The number of pyridine rings is 1. The van der Waals surface area contributed by atoms with Crippen LogP contribution in [-0.2, 0) is 17.6 Å². The Bertz CT molecular complexity index is 706. The molecule has 1 atom stereocenters. The van der Waals surface area contributed by atoms with Crippen molar-refractivity contribution in [3.05, 3.63) is 45.7 Å². The number of nitrogens with zero attached hydrogens (tertiary/aromatic N) is 2. The summed E-state index contributed by atoms with van der Waals surface area (Å²) in [5, 5.41) is 6.40. The molecule has 0 aliphatic heterocycles. The second-order valence-corrected chi connectivity index (χ2v) is 6.93. The third kappa shape index (κ3) is 3.97. The first kappa shape index (κ1) is 16.6. The zero-order valence-electron chi connectivity index (χ0n) is 13.5. The van der Waals surface area contributed by atoms with Gasteiger partial charge in [-0.05, 0) is 44.7 Å². The van der Waals surface area contributed by atoms with Crippen molar-refractivity contribution >= 4 is 23.2 Å². The molecule has 2 aromatic rings. The van der Waals surface area contributed by atoms with Gasteiger partial charge in [-0.25, -0.2) is 4.98 Å². The van der Waals surface area contributed by atoms with Crippen molar-refractivity contribution in [1.29, 1.82) is 0 Å². The van der Waals surface area contributed by atoms with Gasteiger partial charge in [0.2, 0.25) is 5.91 Å². The van der Waals surface area contributed by atoms with E-state index in [0.29, 0.717) is 5.69 Å². The second kappa shape index (κ2) is 7.53. The van der Waals surface area contributed by atoms with Crippen LogP contribution in [-0.4, -0.2) is 28.3 Å². The molecule has 0 bridgehead atoms. The second-order valence-electron chi connectivity index (χ2n) is 5.82. The molecular weight excluding hydrogens is 324 g/mol. The van der Waals surface area contributed by atoms with Crippen LogP contribution < -0.4 is 10.6 Å². The summed E-state index contributed by atoms with van der Waals surface area (Å²) in [7, 11) is 0. The van der Waals surface area contributed by atoms with Crippen LogP contribution in [0.4, 0.5) is 0 Å². The zero-order valence-corrected chi connectivity index (χ0v) is 14.4. The molecule has 0 aromatic carbocycles. The Morgan fingerprint density at radius 1 is 1.29 bits per heavy atom. The van der Waals surface area contributed by atoms with Gasteiger partial charge in [0.05, 0.1) is 18.3 Å². The number of hydrogen-bond donors (Lipinski definition) is 2. The summed E-state index contributed by atoms with van der Waals surface area (Å²) >= 11 is 1.68. The van der Waals surface area contributed by atoms with Crippen LogP contribution in [0.25, 0.3) is 0 Å². The summed E-state index contributed by atoms with van der Waals surface area (Å²) in [5.41, 5.74) is 1.48. The SMILES string of the molecule is C[C@@H](NC(=O)CNC(=O)c1ccccn1)c1nc2c(s1)CCCC2. The first-order valence-electron chi connectivity index (χ1n) is 8.10. The Kier molecular flexibility index (Phi) is 5.20. The standard InChI is InChI=1S/C17H20N4O2S/c1-11(17-21-12-6-2-3-8-14(12)24-17)20-15(22)10-19-16(23)13-7-4-5-9-18-13/h4-5,7,9,11H,2-3,6,8,10H2,1H3,(H,19,23)(H,20,22)/t11-/m1/s1. The lowest BCUT2D eigenvalue weighted by Gasteiger charge is -2.11. The Morgan fingerprint density at radius 2 is 2.12 bits per heavy atom. The van der Waals surface area contributed by atoms with Crippen LogP contribution in [0.3, 0.4) is 0 Å². The highest BCUT2D eigenvalue weighted by Gasteiger charge is 2.19. The third-order valence-corrected chi connectivity index (χ3v) is 5.26. The maximum Gasteiger partial charge on any atom is 0.270 e. The van der Waals surface area contributed by atoms with Gasteiger partial charge in [0.15, 0.2) is 0 Å². The van der Waals surface area contributed by atoms with Gasteiger partial charge in [0.25, 0.3) is 5.91 Å². The normalized spacial score (nSPS) is 14.5. The van der Waals surface area contributed by atoms with Gasteiger partial charge in [-0.1, -0.05) is 6.07 Å². The molecule has 24 heavy (non-hydrogen) atoms. The van der Waals surface area contributed by atoms with Gasteiger partial charge in [-0.15, -0.1) is 11.3 Å². The van der Waals surface area contributed by atoms with Crippen molar-refractivity contribution in [2.24, 2.45) is 0 Å². The van der Waals surface area contributed by atoms with E-state index in [4.69, 9.17) is 0 Å². The summed E-state index contributed by atoms with van der Waals surface area (Å²) in [5.74, 6) is -0.594. The number of aryl methyl sites for hydroxylation is 2. The lowest BCUT2D eigenvalue weighted by Crippen LogP contribution is -2.38. The molecule has 1 aliphatic rings. The van der Waals surface area contributed by atoms with Gasteiger partial charge in [0, 0.05) is 11.1 Å². The minimum absolute atomic E-state index is 0.0785. The van der Waals surface area contributed by atoms with E-state index in [9.17, 15) is 9.59 Å². The van der Waals surface area contributed by atoms with Crippen LogP contribution >= 0.6 is 11.3 Å². The number of aromatic nitrogens is 2. The molecule has 0 radical (unpaired) electrons. The summed E-state index contributed by atoms with van der Waals surface area (Å²) in [4.78, 5) is 33.9. The van der Waals surface area contributed by atoms with E-state index >= 15 is 0 Å². The fourth-order valence-corrected chi connectivity index (χ4v) is 3.82. The van der Waals surface area contributed by atoms with Crippen molar-refractivity contribution in [2.45, 2.75) is 38.6 Å². The highest BCUT2D eigenvalue weighted by molar-refractivity contribution is 7.11. The fourth-order valence-electron chi connectivity index (χ4n) is 2.66. The molecule has 1 aliphatic carbocycles. The lowest BCUT2D eigenvalue weighted by molar-refractivity contribution is -0.120. The number of amides is 2. The molecule has 7 heteroatoms. The van der Waals surface area contributed by atoms with Crippen molar-refractivity contribution in [2.75, 3.05) is 6.54 Å². The molecule has 0 spiro atoms. The first-order valence-corrected chi connectivity index (χ1v) is 8.92. The average Bonchev–Trinajstić information content (AvgIpc) is 3.05. The van der Waals surface area contributed by atoms with Crippen LogP contribution in [0.5, 0.6) is 0 Å². The molecular formula is C17H20N4O2S.